The highest BCUT2D eigenvalue weighted by Gasteiger charge is 2.50. The van der Waals surface area contributed by atoms with Gasteiger partial charge in [-0.15, -0.1) is 0 Å². The van der Waals surface area contributed by atoms with E-state index in [0.29, 0.717) is 5.56 Å². The summed E-state index contributed by atoms with van der Waals surface area (Å²) < 4.78 is 56.2. The molecule has 0 aromatic heterocycles. The molecule has 4 rings (SSSR count). The van der Waals surface area contributed by atoms with Crippen LogP contribution in [0.4, 0.5) is 18.0 Å². The third kappa shape index (κ3) is 4.26. The molecular formula is C25H21ClF3NO5. The number of hydrogen-bond acceptors (Lipinski definition) is 4. The first-order chi connectivity index (χ1) is 16.7. The fourth-order valence-corrected chi connectivity index (χ4v) is 4.71. The van der Waals surface area contributed by atoms with Gasteiger partial charge in [0.2, 0.25) is 0 Å². The molecule has 0 fully saturated rings. The van der Waals surface area contributed by atoms with Crippen LogP contribution in [0.25, 0.3) is 11.1 Å². The van der Waals surface area contributed by atoms with Crippen LogP contribution in [0.1, 0.15) is 24.0 Å². The Kier molecular flexibility index (Phi) is 6.82. The number of aliphatic hydroxyl groups is 1. The molecule has 0 unspecified atom stereocenters. The van der Waals surface area contributed by atoms with Crippen LogP contribution in [0.2, 0.25) is 5.02 Å². The van der Waals surface area contributed by atoms with Crippen LogP contribution >= 0.6 is 11.6 Å². The first-order valence-corrected chi connectivity index (χ1v) is 11.0. The van der Waals surface area contributed by atoms with E-state index in [1.54, 1.807) is 37.3 Å². The number of fused-ring (bicyclic) bond motifs is 1. The number of hydrogen-bond donors (Lipinski definition) is 3. The molecule has 10 heteroatoms. The van der Waals surface area contributed by atoms with Gasteiger partial charge in [0, 0.05) is 23.1 Å². The molecular weight excluding hydrogens is 487 g/mol. The van der Waals surface area contributed by atoms with Gasteiger partial charge < -0.3 is 25.0 Å². The van der Waals surface area contributed by atoms with Gasteiger partial charge in [-0.3, -0.25) is 0 Å². The highest BCUT2D eigenvalue weighted by Crippen LogP contribution is 2.56. The summed E-state index contributed by atoms with van der Waals surface area (Å²) in [4.78, 5) is 11.4. The maximum atomic E-state index is 15.2. The van der Waals surface area contributed by atoms with E-state index in [1.165, 1.54) is 0 Å². The summed E-state index contributed by atoms with van der Waals surface area (Å²) >= 11 is 6.34. The summed E-state index contributed by atoms with van der Waals surface area (Å²) in [5, 5.41) is 20.3. The van der Waals surface area contributed by atoms with Gasteiger partial charge in [-0.1, -0.05) is 48.9 Å². The molecule has 3 N–H and O–H groups in total. The van der Waals surface area contributed by atoms with Gasteiger partial charge in [0.25, 0.3) is 0 Å². The number of rotatable bonds is 7. The Morgan fingerprint density at radius 2 is 1.86 bits per heavy atom. The van der Waals surface area contributed by atoms with Crippen molar-refractivity contribution in [3.05, 3.63) is 82.1 Å². The number of halogens is 4. The molecule has 0 spiro atoms. The van der Waals surface area contributed by atoms with Crippen LogP contribution in [-0.2, 0) is 5.60 Å². The Bertz CT molecular complexity index is 1270. The molecule has 184 valence electrons. The fraction of sp³-hybridized carbons (Fsp3) is 0.240. The third-order valence-electron chi connectivity index (χ3n) is 6.07. The van der Waals surface area contributed by atoms with Crippen molar-refractivity contribution < 1.29 is 37.7 Å². The van der Waals surface area contributed by atoms with Crippen LogP contribution < -0.4 is 14.8 Å². The zero-order valence-corrected chi connectivity index (χ0v) is 19.2. The third-order valence-corrected chi connectivity index (χ3v) is 6.44. The quantitative estimate of drug-likeness (QED) is 0.395. The average Bonchev–Trinajstić information content (AvgIpc) is 3.12. The van der Waals surface area contributed by atoms with Crippen LogP contribution in [0.15, 0.2) is 48.5 Å². The van der Waals surface area contributed by atoms with Crippen molar-refractivity contribution in [2.45, 2.75) is 18.4 Å². The topological polar surface area (TPSA) is 88.0 Å². The lowest BCUT2D eigenvalue weighted by Gasteiger charge is -2.33. The first-order valence-electron chi connectivity index (χ1n) is 10.7. The summed E-state index contributed by atoms with van der Waals surface area (Å²) in [5.41, 5.74) is -1.11. The number of carbonyl (C=O) groups is 1. The molecule has 6 nitrogen and oxygen atoms in total. The van der Waals surface area contributed by atoms with Crippen molar-refractivity contribution in [2.75, 3.05) is 19.8 Å². The lowest BCUT2D eigenvalue weighted by Crippen LogP contribution is -2.45. The first kappa shape index (κ1) is 24.7. The molecule has 2 atom stereocenters. The average molecular weight is 508 g/mol. The van der Waals surface area contributed by atoms with Crippen LogP contribution in [0, 0.1) is 17.5 Å². The van der Waals surface area contributed by atoms with Crippen molar-refractivity contribution in [1.82, 2.24) is 5.32 Å². The van der Waals surface area contributed by atoms with Gasteiger partial charge in [0.1, 0.15) is 23.9 Å². The number of ether oxygens (including phenoxy) is 2. The zero-order chi connectivity index (χ0) is 25.3. The molecule has 1 amide bonds. The Hall–Kier alpha value is -3.43. The van der Waals surface area contributed by atoms with Gasteiger partial charge in [-0.25, -0.2) is 18.0 Å². The van der Waals surface area contributed by atoms with E-state index >= 15 is 8.78 Å². The Morgan fingerprint density at radius 1 is 1.14 bits per heavy atom. The van der Waals surface area contributed by atoms with E-state index in [-0.39, 0.29) is 35.8 Å². The zero-order valence-electron chi connectivity index (χ0n) is 18.4. The lowest BCUT2D eigenvalue weighted by atomic mass is 9.77. The van der Waals surface area contributed by atoms with Gasteiger partial charge in [-0.05, 0) is 17.7 Å². The van der Waals surface area contributed by atoms with Crippen molar-refractivity contribution in [3.8, 4) is 22.6 Å². The van der Waals surface area contributed by atoms with Gasteiger partial charge in [-0.2, -0.15) is 0 Å². The monoisotopic (exact) mass is 507 g/mol. The molecule has 1 aliphatic heterocycles. The Labute approximate surface area is 203 Å². The van der Waals surface area contributed by atoms with E-state index in [0.717, 1.165) is 18.2 Å². The number of aliphatic hydroxyl groups excluding tert-OH is 1. The molecule has 3 aromatic rings. The maximum absolute atomic E-state index is 15.2. The minimum absolute atomic E-state index is 0.00205. The van der Waals surface area contributed by atoms with E-state index in [2.05, 4.69) is 5.32 Å². The second-order valence-corrected chi connectivity index (χ2v) is 8.38. The number of amides is 1. The van der Waals surface area contributed by atoms with Crippen molar-refractivity contribution in [2.24, 2.45) is 0 Å². The Balaban J connectivity index is 1.99. The van der Waals surface area contributed by atoms with Crippen LogP contribution in [-0.4, -0.2) is 36.1 Å². The van der Waals surface area contributed by atoms with Crippen LogP contribution in [0.3, 0.4) is 0 Å². The van der Waals surface area contributed by atoms with Crippen molar-refractivity contribution in [3.63, 3.8) is 0 Å². The van der Waals surface area contributed by atoms with E-state index < -0.39 is 52.3 Å². The van der Waals surface area contributed by atoms with Gasteiger partial charge in [0.15, 0.2) is 17.2 Å². The second-order valence-electron chi connectivity index (χ2n) is 8.00. The maximum Gasteiger partial charge on any atom is 0.404 e. The molecule has 3 aromatic carbocycles. The SMILES string of the molecule is C[C@H]1c2c(cc(F)c(Cl)c2-c2c(OCCO)ccc(F)c2F)O[C@]1(CNC(=O)O)c1ccccc1. The molecule has 1 heterocycles. The fourth-order valence-electron chi connectivity index (χ4n) is 4.46. The lowest BCUT2D eigenvalue weighted by molar-refractivity contribution is 0.0689. The molecule has 0 saturated carbocycles. The smallest absolute Gasteiger partial charge is 0.404 e. The van der Waals surface area contributed by atoms with E-state index in [9.17, 15) is 14.3 Å². The van der Waals surface area contributed by atoms with Crippen molar-refractivity contribution >= 4 is 17.7 Å². The van der Waals surface area contributed by atoms with Crippen molar-refractivity contribution in [1.29, 1.82) is 0 Å². The normalized spacial score (nSPS) is 18.6. The summed E-state index contributed by atoms with van der Waals surface area (Å²) in [6, 6.07) is 11.7. The molecule has 0 bridgehead atoms. The number of carboxylic acid groups (broad SMARTS) is 1. The van der Waals surface area contributed by atoms with E-state index in [1.807, 2.05) is 0 Å². The highest BCUT2D eigenvalue weighted by atomic mass is 35.5. The van der Waals surface area contributed by atoms with Crippen LogP contribution in [0.5, 0.6) is 11.5 Å². The minimum Gasteiger partial charge on any atom is -0.490 e. The predicted molar refractivity (Wildman–Crippen MR) is 123 cm³/mol. The van der Waals surface area contributed by atoms with Gasteiger partial charge in [0.05, 0.1) is 23.7 Å². The largest absolute Gasteiger partial charge is 0.490 e. The predicted octanol–water partition coefficient (Wildman–Crippen LogP) is 5.45. The number of benzene rings is 3. The standard InChI is InChI=1S/C25H21ClF3NO5/c1-13-19-18(35-25(13,12-30-24(32)33)14-5-3-2-4-6-14)11-16(28)22(26)21(19)20-17(34-10-9-31)8-7-15(27)23(20)29/h2-8,11,13,30-31H,9-10,12H2,1H3,(H,32,33)/t13-,25-/m0/s1. The van der Waals surface area contributed by atoms with E-state index in [4.69, 9.17) is 26.2 Å². The molecule has 35 heavy (non-hydrogen) atoms. The Morgan fingerprint density at radius 3 is 2.51 bits per heavy atom. The van der Waals surface area contributed by atoms with Gasteiger partial charge >= 0.3 is 6.09 Å². The second kappa shape index (κ2) is 9.67. The minimum atomic E-state index is -1.34. The molecule has 0 saturated heterocycles. The molecule has 0 aliphatic carbocycles. The summed E-state index contributed by atoms with van der Waals surface area (Å²) in [6.45, 7) is 0.854. The summed E-state index contributed by atoms with van der Waals surface area (Å²) in [6.07, 6.45) is -1.30. The number of nitrogens with one attached hydrogen (secondary N) is 1. The summed E-state index contributed by atoms with van der Waals surface area (Å²) in [7, 11) is 0. The highest BCUT2D eigenvalue weighted by molar-refractivity contribution is 6.34. The summed E-state index contributed by atoms with van der Waals surface area (Å²) in [5.74, 6) is -4.32. The molecule has 0 radical (unpaired) electrons. The molecule has 1 aliphatic rings.